The van der Waals surface area contributed by atoms with E-state index < -0.39 is 58.8 Å². The normalized spacial score (nSPS) is 23.4. The van der Waals surface area contributed by atoms with E-state index in [-0.39, 0.29) is 53.8 Å². The summed E-state index contributed by atoms with van der Waals surface area (Å²) >= 11 is 0. The highest BCUT2D eigenvalue weighted by molar-refractivity contribution is 5.68. The van der Waals surface area contributed by atoms with Crippen LogP contribution in [0.5, 0.6) is 0 Å². The zero-order chi connectivity index (χ0) is 53.7. The van der Waals surface area contributed by atoms with Gasteiger partial charge in [0, 0.05) is 43.0 Å². The number of hydrogen-bond acceptors (Lipinski definition) is 10. The number of epoxide rings is 1. The van der Waals surface area contributed by atoms with Gasteiger partial charge in [-0.25, -0.2) is 27.2 Å². The average molecular weight is 1030 g/mol. The van der Waals surface area contributed by atoms with Crippen molar-refractivity contribution in [3.05, 3.63) is 142 Å². The summed E-state index contributed by atoms with van der Waals surface area (Å²) in [4.78, 5) is 24.3. The van der Waals surface area contributed by atoms with Crippen molar-refractivity contribution in [2.45, 2.75) is 177 Å². The number of alkyl carbamates (subject to hydrolysis) is 2. The highest BCUT2D eigenvalue weighted by Crippen LogP contribution is 2.47. The standard InChI is InChI=1S/C29H38F2N2O4.C15H19F2NO3.C14H19NO/c1-27(2,3)37-26(35)33-24(15-19-13-22(30)17-23(31)14-19)25(34)18-32-29(10-11-29)21-8-5-7-20(16-21)28(4)9-6-12-36-28;1-15(2,3)21-14(19)18-12(13-8-20-13)6-9-4-10(16)7-11(17)5-9;1-13(6-3-9-16-13)11-4-2-5-12(10-11)14(15)7-8-14/h5,7-8,13-14,16-17,24-25,32,34H,6,9-12,15,18H2,1-4H3,(H,33,35);4-5,7,12-13H,6,8H2,1-3H3,(H,18,19);2,4-5,10H,3,6-9,15H2,1H3. The molecule has 6 atom stereocenters. The molecular weight excluding hydrogens is 957 g/mol. The predicted molar refractivity (Wildman–Crippen MR) is 274 cm³/mol. The summed E-state index contributed by atoms with van der Waals surface area (Å²) in [7, 11) is 0. The maximum atomic E-state index is 13.8. The molecule has 5 fully saturated rings. The fourth-order valence-corrected chi connectivity index (χ4v) is 9.61. The summed E-state index contributed by atoms with van der Waals surface area (Å²) in [6, 6.07) is 22.4. The second-order valence-electron chi connectivity index (χ2n) is 23.1. The topological polar surface area (TPSA) is 166 Å². The fourth-order valence-electron chi connectivity index (χ4n) is 9.61. The molecule has 4 aromatic rings. The number of benzene rings is 4. The quantitative estimate of drug-likeness (QED) is 0.0572. The number of aliphatic hydroxyl groups is 1. The van der Waals surface area contributed by atoms with Gasteiger partial charge in [-0.3, -0.25) is 0 Å². The van der Waals surface area contributed by atoms with E-state index in [2.05, 4.69) is 72.3 Å². The number of carbonyl (C=O) groups excluding carboxylic acids is 2. The molecule has 0 radical (unpaired) electrons. The van der Waals surface area contributed by atoms with Crippen molar-refractivity contribution in [1.82, 2.24) is 16.0 Å². The molecule has 5 aliphatic rings. The Morgan fingerprint density at radius 3 is 1.54 bits per heavy atom. The SMILES string of the molecule is CC(C)(C)OC(=O)NC(Cc1cc(F)cc(F)c1)C(O)CNC1(c2cccc(C3(C)CCCO3)c2)CC1.CC(C)(C)OC(=O)NC(Cc1cc(F)cc(F)c1)C1CO1.CC1(c2cccc(C3(N)CC3)c2)CCCO1. The van der Waals surface area contributed by atoms with Crippen molar-refractivity contribution in [3.63, 3.8) is 0 Å². The molecule has 2 saturated carbocycles. The van der Waals surface area contributed by atoms with Gasteiger partial charge < -0.3 is 50.5 Å². The molecule has 2 amide bonds. The van der Waals surface area contributed by atoms with Crippen molar-refractivity contribution < 1.29 is 55.9 Å². The summed E-state index contributed by atoms with van der Waals surface area (Å²) in [6.07, 6.45) is 6.23. The highest BCUT2D eigenvalue weighted by atomic mass is 19.1. The zero-order valence-corrected chi connectivity index (χ0v) is 44.2. The number of hydrogen-bond donors (Lipinski definition) is 5. The Labute approximate surface area is 433 Å². The average Bonchev–Trinajstić information content (AvgIpc) is 4.27. The lowest BCUT2D eigenvalue weighted by molar-refractivity contribution is 0.0165. The predicted octanol–water partition coefficient (Wildman–Crippen LogP) is 10.5. The third-order valence-corrected chi connectivity index (χ3v) is 14.1. The van der Waals surface area contributed by atoms with Crippen LogP contribution in [0.2, 0.25) is 0 Å². The van der Waals surface area contributed by atoms with Crippen LogP contribution in [0.3, 0.4) is 0 Å². The molecule has 3 aliphatic heterocycles. The molecule has 404 valence electrons. The van der Waals surface area contributed by atoms with Gasteiger partial charge in [0.05, 0.1) is 36.0 Å². The Bertz CT molecular complexity index is 2520. The lowest BCUT2D eigenvalue weighted by Crippen LogP contribution is -2.51. The van der Waals surface area contributed by atoms with Crippen LogP contribution in [-0.4, -0.2) is 79.2 Å². The molecule has 6 N–H and O–H groups in total. The van der Waals surface area contributed by atoms with Gasteiger partial charge in [0.1, 0.15) is 40.6 Å². The molecule has 0 bridgehead atoms. The van der Waals surface area contributed by atoms with Gasteiger partial charge in [-0.1, -0.05) is 48.5 Å². The molecule has 2 aliphatic carbocycles. The van der Waals surface area contributed by atoms with Crippen molar-refractivity contribution in [1.29, 1.82) is 0 Å². The van der Waals surface area contributed by atoms with Crippen molar-refractivity contribution in [2.24, 2.45) is 5.73 Å². The molecule has 74 heavy (non-hydrogen) atoms. The monoisotopic (exact) mass is 1030 g/mol. The fraction of sp³-hybridized carbons (Fsp3) is 0.552. The Balaban J connectivity index is 0.000000181. The Morgan fingerprint density at radius 1 is 0.662 bits per heavy atom. The Kier molecular flexibility index (Phi) is 17.6. The van der Waals surface area contributed by atoms with E-state index in [0.717, 1.165) is 87.8 Å². The van der Waals surface area contributed by atoms with Crippen LogP contribution in [0, 0.1) is 23.3 Å². The summed E-state index contributed by atoms with van der Waals surface area (Å²) < 4.78 is 81.6. The molecule has 6 unspecified atom stereocenters. The minimum Gasteiger partial charge on any atom is -0.444 e. The van der Waals surface area contributed by atoms with Gasteiger partial charge in [0.25, 0.3) is 0 Å². The number of carbonyl (C=O) groups is 2. The number of amides is 2. The zero-order valence-electron chi connectivity index (χ0n) is 44.2. The number of rotatable bonds is 15. The highest BCUT2D eigenvalue weighted by Gasteiger charge is 2.46. The van der Waals surface area contributed by atoms with E-state index >= 15 is 0 Å². The lowest BCUT2D eigenvalue weighted by atomic mass is 9.90. The van der Waals surface area contributed by atoms with Crippen LogP contribution >= 0.6 is 0 Å². The van der Waals surface area contributed by atoms with Crippen molar-refractivity contribution in [2.75, 3.05) is 26.4 Å². The number of nitrogens with one attached hydrogen (secondary N) is 3. The van der Waals surface area contributed by atoms with E-state index in [9.17, 15) is 32.3 Å². The third-order valence-electron chi connectivity index (χ3n) is 14.1. The van der Waals surface area contributed by atoms with Gasteiger partial charge in [0.15, 0.2) is 0 Å². The van der Waals surface area contributed by atoms with Gasteiger partial charge in [-0.15, -0.1) is 0 Å². The minimum atomic E-state index is -1.03. The maximum Gasteiger partial charge on any atom is 0.407 e. The molecule has 4 aromatic carbocycles. The first-order valence-corrected chi connectivity index (χ1v) is 26.0. The lowest BCUT2D eigenvalue weighted by Gasteiger charge is -2.29. The van der Waals surface area contributed by atoms with E-state index in [1.807, 2.05) is 6.07 Å². The van der Waals surface area contributed by atoms with Crippen LogP contribution in [0.15, 0.2) is 84.9 Å². The Hall–Kier alpha value is -5.10. The molecule has 9 rings (SSSR count). The van der Waals surface area contributed by atoms with Crippen LogP contribution in [-0.2, 0) is 58.8 Å². The molecule has 16 heteroatoms. The van der Waals surface area contributed by atoms with Gasteiger partial charge >= 0.3 is 12.2 Å². The van der Waals surface area contributed by atoms with Crippen LogP contribution in [0.25, 0.3) is 0 Å². The molecule has 3 saturated heterocycles. The van der Waals surface area contributed by atoms with Crippen LogP contribution < -0.4 is 21.7 Å². The van der Waals surface area contributed by atoms with Crippen LogP contribution in [0.4, 0.5) is 27.2 Å². The Morgan fingerprint density at radius 2 is 1.11 bits per heavy atom. The molecule has 12 nitrogen and oxygen atoms in total. The molecule has 0 spiro atoms. The summed E-state index contributed by atoms with van der Waals surface area (Å²) in [5, 5.41) is 20.0. The molecular formula is C58H76F4N4O8. The summed E-state index contributed by atoms with van der Waals surface area (Å²) in [5.74, 6) is -2.71. The third kappa shape index (κ3) is 16.2. The summed E-state index contributed by atoms with van der Waals surface area (Å²) in [6.45, 7) is 17.1. The number of nitrogens with two attached hydrogens (primary N) is 1. The summed E-state index contributed by atoms with van der Waals surface area (Å²) in [5.41, 5.74) is 9.87. The maximum absolute atomic E-state index is 13.8. The van der Waals surface area contributed by atoms with E-state index in [0.29, 0.717) is 17.7 Å². The largest absolute Gasteiger partial charge is 0.444 e. The first kappa shape index (κ1) is 56.6. The van der Waals surface area contributed by atoms with Crippen molar-refractivity contribution >= 4 is 12.2 Å². The number of ether oxygens (including phenoxy) is 5. The molecule has 3 heterocycles. The first-order chi connectivity index (χ1) is 34.7. The smallest absolute Gasteiger partial charge is 0.407 e. The first-order valence-electron chi connectivity index (χ1n) is 26.0. The minimum absolute atomic E-state index is 0.0367. The van der Waals surface area contributed by atoms with E-state index in [4.69, 9.17) is 29.4 Å². The van der Waals surface area contributed by atoms with E-state index in [1.165, 1.54) is 35.4 Å². The van der Waals surface area contributed by atoms with Gasteiger partial charge in [-0.05, 0) is 177 Å². The number of halogens is 4. The second-order valence-corrected chi connectivity index (χ2v) is 23.1. The van der Waals surface area contributed by atoms with Crippen molar-refractivity contribution in [3.8, 4) is 0 Å². The second kappa shape index (κ2) is 23.0. The molecule has 0 aromatic heterocycles. The van der Waals surface area contributed by atoms with Gasteiger partial charge in [0.2, 0.25) is 0 Å². The number of aliphatic hydroxyl groups excluding tert-OH is 1. The van der Waals surface area contributed by atoms with Gasteiger partial charge in [-0.2, -0.15) is 0 Å². The van der Waals surface area contributed by atoms with Crippen LogP contribution in [0.1, 0.15) is 140 Å². The van der Waals surface area contributed by atoms with E-state index in [1.54, 1.807) is 41.5 Å².